The van der Waals surface area contributed by atoms with Gasteiger partial charge in [0, 0.05) is 12.1 Å². The third-order valence-electron chi connectivity index (χ3n) is 2.43. The van der Waals surface area contributed by atoms with E-state index in [1.165, 1.54) is 0 Å². The Morgan fingerprint density at radius 3 is 2.56 bits per heavy atom. The smallest absolute Gasteiger partial charge is 0.352 e. The minimum Gasteiger partial charge on any atom is -0.352 e. The van der Waals surface area contributed by atoms with Crippen LogP contribution in [0.15, 0.2) is 12.1 Å². The summed E-state index contributed by atoms with van der Waals surface area (Å²) >= 11 is 0. The molecule has 1 aliphatic rings. The predicted molar refractivity (Wildman–Crippen MR) is 47.4 cm³/mol. The minimum atomic E-state index is -4.64. The van der Waals surface area contributed by atoms with Crippen molar-refractivity contribution >= 4 is 5.91 Å². The molecule has 0 saturated carbocycles. The lowest BCUT2D eigenvalue weighted by Gasteiger charge is -2.21. The zero-order valence-corrected chi connectivity index (χ0v) is 7.99. The lowest BCUT2D eigenvalue weighted by atomic mass is 9.94. The maximum atomic E-state index is 13.0. The van der Waals surface area contributed by atoms with Crippen molar-refractivity contribution in [3.8, 4) is 0 Å². The summed E-state index contributed by atoms with van der Waals surface area (Å²) in [6.45, 7) is 0.139. The Labute approximate surface area is 88.3 Å². The van der Waals surface area contributed by atoms with Crippen molar-refractivity contribution in [1.29, 1.82) is 0 Å². The number of rotatable bonds is 0. The fourth-order valence-electron chi connectivity index (χ4n) is 1.76. The molecule has 1 aromatic carbocycles. The van der Waals surface area contributed by atoms with Crippen LogP contribution in [0.5, 0.6) is 0 Å². The Kier molecular flexibility index (Phi) is 2.36. The third-order valence-corrected chi connectivity index (χ3v) is 2.43. The molecule has 0 atom stereocenters. The van der Waals surface area contributed by atoms with Crippen molar-refractivity contribution in [2.24, 2.45) is 0 Å². The second-order valence-electron chi connectivity index (χ2n) is 3.48. The lowest BCUT2D eigenvalue weighted by Crippen LogP contribution is -2.33. The van der Waals surface area contributed by atoms with E-state index in [-0.39, 0.29) is 24.1 Å². The number of benzene rings is 1. The first kappa shape index (κ1) is 10.9. The molecule has 1 N–H and O–H groups in total. The van der Waals surface area contributed by atoms with Gasteiger partial charge in [0.2, 0.25) is 0 Å². The highest BCUT2D eigenvalue weighted by Gasteiger charge is 2.36. The molecule has 0 saturated heterocycles. The molecular weight excluding hydrogens is 226 g/mol. The molecule has 1 aliphatic heterocycles. The molecule has 1 amide bonds. The van der Waals surface area contributed by atoms with E-state index in [4.69, 9.17) is 0 Å². The maximum Gasteiger partial charge on any atom is 0.416 e. The minimum absolute atomic E-state index is 0.0657. The molecule has 0 aromatic heterocycles. The van der Waals surface area contributed by atoms with Crippen LogP contribution in [0.3, 0.4) is 0 Å². The van der Waals surface area contributed by atoms with Gasteiger partial charge < -0.3 is 5.32 Å². The number of hydrogen-bond donors (Lipinski definition) is 1. The van der Waals surface area contributed by atoms with Gasteiger partial charge in [0.15, 0.2) is 0 Å². The van der Waals surface area contributed by atoms with Gasteiger partial charge in [-0.3, -0.25) is 4.79 Å². The quantitative estimate of drug-likeness (QED) is 0.683. The maximum absolute atomic E-state index is 13.0. The molecule has 2 nitrogen and oxygen atoms in total. The third kappa shape index (κ3) is 1.75. The topological polar surface area (TPSA) is 29.1 Å². The van der Waals surface area contributed by atoms with E-state index >= 15 is 0 Å². The summed E-state index contributed by atoms with van der Waals surface area (Å²) in [4.78, 5) is 11.3. The van der Waals surface area contributed by atoms with Gasteiger partial charge in [0.05, 0.1) is 5.56 Å². The molecule has 0 radical (unpaired) electrons. The van der Waals surface area contributed by atoms with Crippen LogP contribution in [0, 0.1) is 5.82 Å². The fraction of sp³-hybridized carbons (Fsp3) is 0.300. The second kappa shape index (κ2) is 3.47. The number of fused-ring (bicyclic) bond motifs is 1. The van der Waals surface area contributed by atoms with Crippen molar-refractivity contribution in [1.82, 2.24) is 5.32 Å². The molecule has 86 valence electrons. The van der Waals surface area contributed by atoms with Crippen LogP contribution in [0.2, 0.25) is 0 Å². The number of alkyl halides is 3. The molecule has 0 unspecified atom stereocenters. The number of amides is 1. The average molecular weight is 233 g/mol. The molecule has 0 spiro atoms. The standard InChI is InChI=1S/C10H7F4NO/c11-5-3-7-6(1-2-15-9(7)16)8(4-5)10(12,13)14/h3-4H,1-2H2,(H,15,16). The first-order chi connectivity index (χ1) is 7.39. The molecular formula is C10H7F4NO. The SMILES string of the molecule is O=C1NCCc2c1cc(F)cc2C(F)(F)F. The average Bonchev–Trinajstić information content (AvgIpc) is 2.17. The summed E-state index contributed by atoms with van der Waals surface area (Å²) in [5, 5.41) is 2.37. The van der Waals surface area contributed by atoms with E-state index in [9.17, 15) is 22.4 Å². The molecule has 16 heavy (non-hydrogen) atoms. The Bertz CT molecular complexity index is 453. The van der Waals surface area contributed by atoms with Crippen LogP contribution >= 0.6 is 0 Å². The Hall–Kier alpha value is -1.59. The largest absolute Gasteiger partial charge is 0.416 e. The fourth-order valence-corrected chi connectivity index (χ4v) is 1.76. The number of carbonyl (C=O) groups excluding carboxylic acids is 1. The highest BCUT2D eigenvalue weighted by molar-refractivity contribution is 5.97. The molecule has 0 bridgehead atoms. The normalized spacial score (nSPS) is 15.6. The van der Waals surface area contributed by atoms with Crippen LogP contribution in [0.25, 0.3) is 0 Å². The summed E-state index contributed by atoms with van der Waals surface area (Å²) in [7, 11) is 0. The summed E-state index contributed by atoms with van der Waals surface area (Å²) in [5.74, 6) is -1.71. The van der Waals surface area contributed by atoms with Gasteiger partial charge in [0.25, 0.3) is 5.91 Å². The van der Waals surface area contributed by atoms with E-state index in [1.54, 1.807) is 0 Å². The van der Waals surface area contributed by atoms with Crippen LogP contribution < -0.4 is 5.32 Å². The van der Waals surface area contributed by atoms with Crippen molar-refractivity contribution in [2.75, 3.05) is 6.54 Å². The van der Waals surface area contributed by atoms with E-state index in [0.717, 1.165) is 6.07 Å². The Balaban J connectivity index is 2.67. The summed E-state index contributed by atoms with van der Waals surface area (Å²) < 4.78 is 50.7. The summed E-state index contributed by atoms with van der Waals surface area (Å²) in [6, 6.07) is 1.26. The highest BCUT2D eigenvalue weighted by atomic mass is 19.4. The number of carbonyl (C=O) groups is 1. The van der Waals surface area contributed by atoms with Gasteiger partial charge in [0.1, 0.15) is 5.82 Å². The molecule has 1 aromatic rings. The van der Waals surface area contributed by atoms with Gasteiger partial charge in [-0.05, 0) is 24.1 Å². The van der Waals surface area contributed by atoms with Crippen LogP contribution in [0.1, 0.15) is 21.5 Å². The second-order valence-corrected chi connectivity index (χ2v) is 3.48. The number of hydrogen-bond acceptors (Lipinski definition) is 1. The molecule has 2 rings (SSSR count). The Morgan fingerprint density at radius 2 is 1.94 bits per heavy atom. The molecule has 0 fully saturated rings. The monoisotopic (exact) mass is 233 g/mol. The molecule has 1 heterocycles. The van der Waals surface area contributed by atoms with E-state index < -0.39 is 23.5 Å². The van der Waals surface area contributed by atoms with Crippen LogP contribution in [-0.4, -0.2) is 12.5 Å². The highest BCUT2D eigenvalue weighted by Crippen LogP contribution is 2.35. The van der Waals surface area contributed by atoms with E-state index in [0.29, 0.717) is 6.07 Å². The van der Waals surface area contributed by atoms with Gasteiger partial charge in [-0.1, -0.05) is 0 Å². The lowest BCUT2D eigenvalue weighted by molar-refractivity contribution is -0.138. The number of nitrogens with one attached hydrogen (secondary N) is 1. The first-order valence-corrected chi connectivity index (χ1v) is 4.57. The predicted octanol–water partition coefficient (Wildman–Crippen LogP) is 2.13. The van der Waals surface area contributed by atoms with Crippen LogP contribution in [-0.2, 0) is 12.6 Å². The van der Waals surface area contributed by atoms with Gasteiger partial charge in [-0.2, -0.15) is 13.2 Å². The van der Waals surface area contributed by atoms with Gasteiger partial charge >= 0.3 is 6.18 Å². The van der Waals surface area contributed by atoms with Gasteiger partial charge in [-0.25, -0.2) is 4.39 Å². The molecule has 6 heteroatoms. The zero-order valence-electron chi connectivity index (χ0n) is 7.99. The summed E-state index contributed by atoms with van der Waals surface area (Å²) in [6.07, 6.45) is -4.57. The first-order valence-electron chi connectivity index (χ1n) is 4.57. The zero-order chi connectivity index (χ0) is 11.9. The Morgan fingerprint density at radius 1 is 1.25 bits per heavy atom. The van der Waals surface area contributed by atoms with Gasteiger partial charge in [-0.15, -0.1) is 0 Å². The molecule has 0 aliphatic carbocycles. The van der Waals surface area contributed by atoms with Crippen molar-refractivity contribution in [3.63, 3.8) is 0 Å². The van der Waals surface area contributed by atoms with Crippen molar-refractivity contribution in [3.05, 3.63) is 34.6 Å². The van der Waals surface area contributed by atoms with E-state index in [2.05, 4.69) is 5.32 Å². The summed E-state index contributed by atoms with van der Waals surface area (Å²) in [5.41, 5.74) is -1.41. The number of halogens is 4. The van der Waals surface area contributed by atoms with Crippen LogP contribution in [0.4, 0.5) is 17.6 Å². The van der Waals surface area contributed by atoms with E-state index in [1.807, 2.05) is 0 Å². The van der Waals surface area contributed by atoms with Crippen molar-refractivity contribution in [2.45, 2.75) is 12.6 Å². The van der Waals surface area contributed by atoms with Crippen molar-refractivity contribution < 1.29 is 22.4 Å².